The molecule has 1 aliphatic rings. The molecule has 0 spiro atoms. The second-order valence-electron chi connectivity index (χ2n) is 5.56. The Balaban J connectivity index is 1.73. The Bertz CT molecular complexity index is 720. The van der Waals surface area contributed by atoms with Crippen molar-refractivity contribution in [2.24, 2.45) is 0 Å². The number of carbonyl (C=O) groups excluding carboxylic acids is 2. The highest BCUT2D eigenvalue weighted by Crippen LogP contribution is 2.14. The standard InChI is InChI=1S/C16H18N4O3/c1-11-9-14(19-23-11)18-15(21)13-10-12(5-6-17-13)16(22)20-7-3-2-4-8-20/h5-6,9-10H,2-4,7-8H2,1H3,(H,18,19,21). The SMILES string of the molecule is Cc1cc(NC(=O)c2cc(C(=O)N3CCCCC3)ccn2)no1. The van der Waals surface area contributed by atoms with E-state index >= 15 is 0 Å². The summed E-state index contributed by atoms with van der Waals surface area (Å²) in [6.07, 6.45) is 4.68. The zero-order chi connectivity index (χ0) is 16.2. The first-order valence-electron chi connectivity index (χ1n) is 7.63. The second-order valence-corrected chi connectivity index (χ2v) is 5.56. The van der Waals surface area contributed by atoms with E-state index in [0.29, 0.717) is 17.1 Å². The van der Waals surface area contributed by atoms with Crippen LogP contribution in [-0.2, 0) is 0 Å². The molecular formula is C16H18N4O3. The summed E-state index contributed by atoms with van der Waals surface area (Å²) >= 11 is 0. The molecule has 0 aromatic carbocycles. The number of pyridine rings is 1. The summed E-state index contributed by atoms with van der Waals surface area (Å²) in [6, 6.07) is 4.76. The summed E-state index contributed by atoms with van der Waals surface area (Å²) in [5.41, 5.74) is 0.650. The fourth-order valence-corrected chi connectivity index (χ4v) is 2.57. The van der Waals surface area contributed by atoms with E-state index in [1.165, 1.54) is 12.3 Å². The van der Waals surface area contributed by atoms with Gasteiger partial charge in [0.2, 0.25) is 0 Å². The van der Waals surface area contributed by atoms with Gasteiger partial charge in [0.1, 0.15) is 11.5 Å². The molecule has 2 aromatic heterocycles. The Morgan fingerprint density at radius 3 is 2.70 bits per heavy atom. The Morgan fingerprint density at radius 1 is 1.22 bits per heavy atom. The van der Waals surface area contributed by atoms with Gasteiger partial charge in [-0.2, -0.15) is 0 Å². The summed E-state index contributed by atoms with van der Waals surface area (Å²) in [5.74, 6) is 0.439. The molecule has 0 unspecified atom stereocenters. The molecule has 7 nitrogen and oxygen atoms in total. The van der Waals surface area contributed by atoms with Crippen molar-refractivity contribution < 1.29 is 14.1 Å². The molecule has 120 valence electrons. The first kappa shape index (κ1) is 15.2. The van der Waals surface area contributed by atoms with E-state index in [-0.39, 0.29) is 11.6 Å². The number of hydrogen-bond acceptors (Lipinski definition) is 5. The fourth-order valence-electron chi connectivity index (χ4n) is 2.57. The van der Waals surface area contributed by atoms with Gasteiger partial charge in [0.25, 0.3) is 11.8 Å². The maximum absolute atomic E-state index is 12.5. The predicted molar refractivity (Wildman–Crippen MR) is 83.2 cm³/mol. The number of amides is 2. The number of piperidine rings is 1. The fraction of sp³-hybridized carbons (Fsp3) is 0.375. The number of likely N-dealkylation sites (tertiary alicyclic amines) is 1. The van der Waals surface area contributed by atoms with Gasteiger partial charge in [0.15, 0.2) is 5.82 Å². The van der Waals surface area contributed by atoms with Gasteiger partial charge in [-0.3, -0.25) is 14.6 Å². The minimum atomic E-state index is -0.424. The molecule has 23 heavy (non-hydrogen) atoms. The highest BCUT2D eigenvalue weighted by atomic mass is 16.5. The molecule has 1 N–H and O–H groups in total. The van der Waals surface area contributed by atoms with Crippen LogP contribution in [0.4, 0.5) is 5.82 Å². The molecular weight excluding hydrogens is 296 g/mol. The number of anilines is 1. The second kappa shape index (κ2) is 6.60. The first-order chi connectivity index (χ1) is 11.1. The number of rotatable bonds is 3. The van der Waals surface area contributed by atoms with Crippen LogP contribution in [0, 0.1) is 6.92 Å². The van der Waals surface area contributed by atoms with Gasteiger partial charge in [-0.15, -0.1) is 0 Å². The molecule has 7 heteroatoms. The third kappa shape index (κ3) is 3.56. The third-order valence-electron chi connectivity index (χ3n) is 3.75. The van der Waals surface area contributed by atoms with Crippen LogP contribution < -0.4 is 5.32 Å². The third-order valence-corrected chi connectivity index (χ3v) is 3.75. The van der Waals surface area contributed by atoms with Crippen LogP contribution in [0.5, 0.6) is 0 Å². The van der Waals surface area contributed by atoms with Gasteiger partial charge < -0.3 is 14.7 Å². The average molecular weight is 314 g/mol. The van der Waals surface area contributed by atoms with Gasteiger partial charge in [-0.05, 0) is 38.3 Å². The lowest BCUT2D eigenvalue weighted by Crippen LogP contribution is -2.35. The number of aromatic nitrogens is 2. The lowest BCUT2D eigenvalue weighted by molar-refractivity contribution is 0.0724. The quantitative estimate of drug-likeness (QED) is 0.938. The predicted octanol–water partition coefficient (Wildman–Crippen LogP) is 2.26. The van der Waals surface area contributed by atoms with E-state index < -0.39 is 5.91 Å². The molecule has 2 aromatic rings. The number of hydrogen-bond donors (Lipinski definition) is 1. The van der Waals surface area contributed by atoms with E-state index in [1.54, 1.807) is 19.1 Å². The largest absolute Gasteiger partial charge is 0.360 e. The Labute approximate surface area is 133 Å². The molecule has 3 rings (SSSR count). The zero-order valence-electron chi connectivity index (χ0n) is 12.9. The van der Waals surface area contributed by atoms with Gasteiger partial charge in [0.05, 0.1) is 0 Å². The Morgan fingerprint density at radius 2 is 2.00 bits per heavy atom. The molecule has 1 saturated heterocycles. The molecule has 0 aliphatic carbocycles. The van der Waals surface area contributed by atoms with Crippen molar-refractivity contribution in [1.82, 2.24) is 15.0 Å². The lowest BCUT2D eigenvalue weighted by atomic mass is 10.1. The van der Waals surface area contributed by atoms with Crippen LogP contribution in [0.15, 0.2) is 28.9 Å². The Kier molecular flexibility index (Phi) is 4.36. The molecule has 2 amide bonds. The minimum absolute atomic E-state index is 0.0570. The van der Waals surface area contributed by atoms with Crippen LogP contribution in [0.2, 0.25) is 0 Å². The monoisotopic (exact) mass is 314 g/mol. The van der Waals surface area contributed by atoms with E-state index in [2.05, 4.69) is 15.5 Å². The smallest absolute Gasteiger partial charge is 0.275 e. The molecule has 1 aliphatic heterocycles. The highest BCUT2D eigenvalue weighted by Gasteiger charge is 2.20. The molecule has 0 radical (unpaired) electrons. The minimum Gasteiger partial charge on any atom is -0.360 e. The summed E-state index contributed by atoms with van der Waals surface area (Å²) in [4.78, 5) is 30.5. The van der Waals surface area contributed by atoms with Crippen LogP contribution in [0.25, 0.3) is 0 Å². The van der Waals surface area contributed by atoms with E-state index in [0.717, 1.165) is 32.4 Å². The van der Waals surface area contributed by atoms with Crippen LogP contribution in [0.3, 0.4) is 0 Å². The van der Waals surface area contributed by atoms with Crippen molar-refractivity contribution in [2.75, 3.05) is 18.4 Å². The van der Waals surface area contributed by atoms with Gasteiger partial charge >= 0.3 is 0 Å². The van der Waals surface area contributed by atoms with Crippen molar-refractivity contribution in [1.29, 1.82) is 0 Å². The van der Waals surface area contributed by atoms with Crippen molar-refractivity contribution in [2.45, 2.75) is 26.2 Å². The molecule has 0 bridgehead atoms. The summed E-state index contributed by atoms with van der Waals surface area (Å²) in [6.45, 7) is 3.26. The summed E-state index contributed by atoms with van der Waals surface area (Å²) < 4.78 is 4.90. The molecule has 3 heterocycles. The average Bonchev–Trinajstić information content (AvgIpc) is 3.00. The molecule has 0 saturated carbocycles. The molecule has 1 fully saturated rings. The van der Waals surface area contributed by atoms with E-state index in [4.69, 9.17) is 4.52 Å². The van der Waals surface area contributed by atoms with E-state index in [9.17, 15) is 9.59 Å². The normalized spacial score (nSPS) is 14.6. The topological polar surface area (TPSA) is 88.3 Å². The zero-order valence-corrected chi connectivity index (χ0v) is 12.9. The van der Waals surface area contributed by atoms with Gasteiger partial charge in [-0.1, -0.05) is 5.16 Å². The summed E-state index contributed by atoms with van der Waals surface area (Å²) in [7, 11) is 0. The van der Waals surface area contributed by atoms with Crippen LogP contribution >= 0.6 is 0 Å². The molecule has 0 atom stereocenters. The van der Waals surface area contributed by atoms with Crippen molar-refractivity contribution >= 4 is 17.6 Å². The first-order valence-corrected chi connectivity index (χ1v) is 7.63. The number of nitrogens with one attached hydrogen (secondary N) is 1. The maximum atomic E-state index is 12.5. The van der Waals surface area contributed by atoms with Crippen LogP contribution in [-0.4, -0.2) is 39.9 Å². The number of nitrogens with zero attached hydrogens (tertiary/aromatic N) is 3. The van der Waals surface area contributed by atoms with E-state index in [1.807, 2.05) is 4.90 Å². The van der Waals surface area contributed by atoms with Gasteiger partial charge in [-0.25, -0.2) is 0 Å². The maximum Gasteiger partial charge on any atom is 0.275 e. The van der Waals surface area contributed by atoms with Crippen molar-refractivity contribution in [3.8, 4) is 0 Å². The highest BCUT2D eigenvalue weighted by molar-refractivity contribution is 6.04. The summed E-state index contributed by atoms with van der Waals surface area (Å²) in [5, 5.41) is 6.30. The van der Waals surface area contributed by atoms with Crippen LogP contribution in [0.1, 0.15) is 45.9 Å². The number of carbonyl (C=O) groups is 2. The van der Waals surface area contributed by atoms with Gasteiger partial charge in [0, 0.05) is 30.9 Å². The number of aryl methyl sites for hydroxylation is 1. The lowest BCUT2D eigenvalue weighted by Gasteiger charge is -2.26. The van der Waals surface area contributed by atoms with Crippen molar-refractivity contribution in [3.05, 3.63) is 41.4 Å². The Hall–Kier alpha value is -2.70. The van der Waals surface area contributed by atoms with Crippen molar-refractivity contribution in [3.63, 3.8) is 0 Å².